The minimum absolute atomic E-state index is 0. The van der Waals surface area contributed by atoms with Crippen molar-refractivity contribution in [2.24, 2.45) is 5.92 Å². The first-order valence-corrected chi connectivity index (χ1v) is 13.3. The van der Waals surface area contributed by atoms with E-state index in [1.807, 2.05) is 84.9 Å². The molecule has 3 aromatic carbocycles. The normalized spacial score (nSPS) is 16.0. The molecule has 204 valence electrons. The van der Waals surface area contributed by atoms with E-state index < -0.39 is 23.2 Å². The number of benzene rings is 3. The van der Waals surface area contributed by atoms with Crippen LogP contribution in [0.5, 0.6) is 0 Å². The maximum atomic E-state index is 12.1. The zero-order chi connectivity index (χ0) is 26.5. The average Bonchev–Trinajstić information content (AvgIpc) is 2.94. The van der Waals surface area contributed by atoms with E-state index in [4.69, 9.17) is 0 Å². The number of nitrogens with zero attached hydrogens (tertiary/aromatic N) is 1. The van der Waals surface area contributed by atoms with Crippen LogP contribution in [0, 0.1) is 5.92 Å². The van der Waals surface area contributed by atoms with Gasteiger partial charge in [-0.1, -0.05) is 84.9 Å². The van der Waals surface area contributed by atoms with Crippen molar-refractivity contribution in [3.63, 3.8) is 0 Å². The second kappa shape index (κ2) is 12.9. The highest BCUT2D eigenvalue weighted by Crippen LogP contribution is 2.42. The maximum absolute atomic E-state index is 12.1. The van der Waals surface area contributed by atoms with Gasteiger partial charge in [-0.05, 0) is 74.1 Å². The van der Waals surface area contributed by atoms with E-state index in [0.717, 1.165) is 61.0 Å². The summed E-state index contributed by atoms with van der Waals surface area (Å²) in [4.78, 5) is 13.6. The van der Waals surface area contributed by atoms with Crippen LogP contribution in [0.15, 0.2) is 84.9 Å². The highest BCUT2D eigenvalue weighted by Gasteiger charge is 2.42. The lowest BCUT2D eigenvalue weighted by atomic mass is 9.72. The summed E-state index contributed by atoms with van der Waals surface area (Å²) in [5, 5.41) is 32.4. The molecule has 38 heavy (non-hydrogen) atoms. The lowest BCUT2D eigenvalue weighted by molar-refractivity contribution is -0.142. The van der Waals surface area contributed by atoms with E-state index in [2.05, 4.69) is 4.90 Å². The molecule has 5 nitrogen and oxygen atoms in total. The van der Waals surface area contributed by atoms with Gasteiger partial charge in [0.15, 0.2) is 0 Å². The Morgan fingerprint density at radius 3 is 1.84 bits per heavy atom. The van der Waals surface area contributed by atoms with Crippen molar-refractivity contribution in [2.45, 2.75) is 63.2 Å². The fourth-order valence-electron chi connectivity index (χ4n) is 5.52. The molecule has 0 spiro atoms. The zero-order valence-corrected chi connectivity index (χ0v) is 23.1. The van der Waals surface area contributed by atoms with Gasteiger partial charge in [-0.2, -0.15) is 0 Å². The van der Waals surface area contributed by atoms with Crippen LogP contribution in [0.1, 0.15) is 61.8 Å². The largest absolute Gasteiger partial charge is 0.481 e. The second-order valence-electron chi connectivity index (χ2n) is 10.8. The molecule has 1 unspecified atom stereocenters. The molecule has 3 aromatic rings. The van der Waals surface area contributed by atoms with Crippen molar-refractivity contribution in [2.75, 3.05) is 13.1 Å². The van der Waals surface area contributed by atoms with Crippen LogP contribution in [0.3, 0.4) is 0 Å². The number of aliphatic hydroxyl groups excluding tert-OH is 1. The maximum Gasteiger partial charge on any atom is 0.313 e. The number of hydrogen-bond acceptors (Lipinski definition) is 4. The lowest BCUT2D eigenvalue weighted by Crippen LogP contribution is -2.47. The number of rotatable bonds is 10. The third kappa shape index (κ3) is 6.47. The highest BCUT2D eigenvalue weighted by molar-refractivity contribution is 5.85. The fraction of sp³-hybridized carbons (Fsp3) is 0.406. The Morgan fingerprint density at radius 2 is 1.37 bits per heavy atom. The molecule has 0 aliphatic carbocycles. The first-order chi connectivity index (χ1) is 17.7. The van der Waals surface area contributed by atoms with Gasteiger partial charge in [0, 0.05) is 13.1 Å². The number of carbonyl (C=O) groups is 1. The lowest BCUT2D eigenvalue weighted by Gasteiger charge is -2.43. The predicted molar refractivity (Wildman–Crippen MR) is 153 cm³/mol. The van der Waals surface area contributed by atoms with E-state index in [9.17, 15) is 20.1 Å². The molecule has 0 saturated carbocycles. The van der Waals surface area contributed by atoms with Crippen LogP contribution in [0.2, 0.25) is 0 Å². The number of hydrogen-bond donors (Lipinski definition) is 3. The van der Waals surface area contributed by atoms with Crippen molar-refractivity contribution in [1.82, 2.24) is 4.90 Å². The number of carboxylic acids is 1. The van der Waals surface area contributed by atoms with Gasteiger partial charge < -0.3 is 15.3 Å². The molecule has 1 saturated heterocycles. The molecule has 1 aliphatic rings. The number of carboxylic acid groups (broad SMARTS) is 1. The van der Waals surface area contributed by atoms with E-state index in [-0.39, 0.29) is 18.3 Å². The van der Waals surface area contributed by atoms with Crippen LogP contribution in [0.4, 0.5) is 0 Å². The Kier molecular flexibility index (Phi) is 10.1. The number of halogens is 1. The summed E-state index contributed by atoms with van der Waals surface area (Å²) in [6, 6.07) is 27.6. The van der Waals surface area contributed by atoms with Crippen LogP contribution in [-0.4, -0.2) is 45.5 Å². The number of aliphatic hydroxyl groups is 2. The van der Waals surface area contributed by atoms with Crippen molar-refractivity contribution in [3.8, 4) is 0 Å². The number of piperidine rings is 1. The van der Waals surface area contributed by atoms with Gasteiger partial charge >= 0.3 is 5.97 Å². The molecule has 0 amide bonds. The van der Waals surface area contributed by atoms with Crippen molar-refractivity contribution in [3.05, 3.63) is 107 Å². The molecule has 1 aliphatic heterocycles. The average molecular weight is 538 g/mol. The van der Waals surface area contributed by atoms with Crippen LogP contribution < -0.4 is 0 Å². The van der Waals surface area contributed by atoms with Gasteiger partial charge in [0.05, 0.1) is 5.41 Å². The van der Waals surface area contributed by atoms with E-state index >= 15 is 0 Å². The predicted octanol–water partition coefficient (Wildman–Crippen LogP) is 5.76. The Bertz CT molecular complexity index is 1100. The minimum Gasteiger partial charge on any atom is -0.481 e. The first-order valence-electron chi connectivity index (χ1n) is 13.3. The van der Waals surface area contributed by atoms with Crippen LogP contribution >= 0.6 is 12.4 Å². The number of aliphatic carboxylic acids is 1. The summed E-state index contributed by atoms with van der Waals surface area (Å²) in [7, 11) is 0. The van der Waals surface area contributed by atoms with Gasteiger partial charge in [-0.3, -0.25) is 9.69 Å². The van der Waals surface area contributed by atoms with E-state index in [1.165, 1.54) is 0 Å². The standard InChI is InChI=1S/C32H39NO4.ClH/c1-31(2,30(35)36)25-18-16-24(17-19-25)10-9-15-29(34)33-22-20-28(21-23-33)32(37,26-11-5-3-6-12-26)27-13-7-4-8-14-27;/h3-8,11-14,16-19,28-29,34,37H,9-10,15,20-23H2,1-2H3,(H,35,36);1H. The van der Waals surface area contributed by atoms with Gasteiger partial charge in [0.1, 0.15) is 11.8 Å². The van der Waals surface area contributed by atoms with Gasteiger partial charge in [0.25, 0.3) is 0 Å². The highest BCUT2D eigenvalue weighted by atomic mass is 35.5. The zero-order valence-electron chi connectivity index (χ0n) is 22.3. The first kappa shape index (κ1) is 29.9. The Labute approximate surface area is 232 Å². The summed E-state index contributed by atoms with van der Waals surface area (Å²) in [5.74, 6) is -0.771. The molecule has 3 N–H and O–H groups in total. The third-order valence-corrected chi connectivity index (χ3v) is 8.11. The fourth-order valence-corrected chi connectivity index (χ4v) is 5.52. The summed E-state index contributed by atoms with van der Waals surface area (Å²) in [6.45, 7) is 4.91. The summed E-state index contributed by atoms with van der Waals surface area (Å²) in [5.41, 5.74) is 1.80. The molecule has 1 atom stereocenters. The second-order valence-corrected chi connectivity index (χ2v) is 10.8. The Balaban J connectivity index is 0.00000400. The number of aryl methyl sites for hydroxylation is 1. The monoisotopic (exact) mass is 537 g/mol. The van der Waals surface area contributed by atoms with Crippen LogP contribution in [-0.2, 0) is 22.2 Å². The molecular weight excluding hydrogens is 498 g/mol. The Morgan fingerprint density at radius 1 is 0.868 bits per heavy atom. The quantitative estimate of drug-likeness (QED) is 0.306. The SMILES string of the molecule is CC(C)(C(=O)O)c1ccc(CCCC(O)N2CCC(C(O)(c3ccccc3)c3ccccc3)CC2)cc1.Cl. The van der Waals surface area contributed by atoms with Crippen molar-refractivity contribution in [1.29, 1.82) is 0 Å². The number of likely N-dealkylation sites (tertiary alicyclic amines) is 1. The van der Waals surface area contributed by atoms with E-state index in [1.54, 1.807) is 13.8 Å². The molecular formula is C32H40ClNO4. The molecule has 0 aromatic heterocycles. The summed E-state index contributed by atoms with van der Waals surface area (Å²) < 4.78 is 0. The molecule has 4 rings (SSSR count). The smallest absolute Gasteiger partial charge is 0.313 e. The Hall–Kier alpha value is -2.70. The minimum atomic E-state index is -1.05. The third-order valence-electron chi connectivity index (χ3n) is 8.11. The molecule has 0 bridgehead atoms. The summed E-state index contributed by atoms with van der Waals surface area (Å²) in [6.07, 6.45) is 3.46. The van der Waals surface area contributed by atoms with Gasteiger partial charge in [-0.15, -0.1) is 12.4 Å². The van der Waals surface area contributed by atoms with Gasteiger partial charge in [-0.25, -0.2) is 0 Å². The summed E-state index contributed by atoms with van der Waals surface area (Å²) >= 11 is 0. The van der Waals surface area contributed by atoms with Gasteiger partial charge in [0.2, 0.25) is 0 Å². The topological polar surface area (TPSA) is 81.0 Å². The van der Waals surface area contributed by atoms with Crippen LogP contribution in [0.25, 0.3) is 0 Å². The molecule has 1 heterocycles. The van der Waals surface area contributed by atoms with Crippen molar-refractivity contribution < 1.29 is 20.1 Å². The van der Waals surface area contributed by atoms with Crippen molar-refractivity contribution >= 4 is 18.4 Å². The van der Waals surface area contributed by atoms with E-state index in [0.29, 0.717) is 6.42 Å². The molecule has 0 radical (unpaired) electrons. The molecule has 1 fully saturated rings. The molecule has 6 heteroatoms.